The van der Waals surface area contributed by atoms with Crippen LogP contribution >= 0.6 is 0 Å². The monoisotopic (exact) mass is 339 g/mol. The van der Waals surface area contributed by atoms with Crippen molar-refractivity contribution in [3.63, 3.8) is 0 Å². The number of nitrogens with one attached hydrogen (secondary N) is 2. The maximum Gasteiger partial charge on any atom is 0.267 e. The molecule has 6 heteroatoms. The lowest BCUT2D eigenvalue weighted by Gasteiger charge is -2.06. The second-order valence-electron chi connectivity index (χ2n) is 5.18. The van der Waals surface area contributed by atoms with Crippen LogP contribution in [-0.4, -0.2) is 19.6 Å². The largest absolute Gasteiger partial charge is 0.497 e. The molecule has 0 spiro atoms. The average Bonchev–Trinajstić information content (AvgIpc) is 2.64. The van der Waals surface area contributed by atoms with Gasteiger partial charge in [0.05, 0.1) is 7.11 Å². The third-order valence-electron chi connectivity index (χ3n) is 3.43. The van der Waals surface area contributed by atoms with Crippen molar-refractivity contribution in [2.75, 3.05) is 19.0 Å². The molecule has 2 rings (SSSR count). The molecule has 2 N–H and O–H groups in total. The first-order valence-corrected chi connectivity index (χ1v) is 7.66. The molecule has 25 heavy (non-hydrogen) atoms. The minimum absolute atomic E-state index is 0.0325. The third-order valence-corrected chi connectivity index (χ3v) is 3.43. The summed E-state index contributed by atoms with van der Waals surface area (Å²) in [7, 11) is 1.56. The summed E-state index contributed by atoms with van der Waals surface area (Å²) in [6.07, 6.45) is 2.03. The highest BCUT2D eigenvalue weighted by molar-refractivity contribution is 6.06. The summed E-state index contributed by atoms with van der Waals surface area (Å²) in [5.74, 6) is -0.1000. The highest BCUT2D eigenvalue weighted by Crippen LogP contribution is 2.15. The molecule has 0 aromatic heterocycles. The van der Waals surface area contributed by atoms with Gasteiger partial charge in [0.15, 0.2) is 0 Å². The number of halogens is 1. The zero-order valence-electron chi connectivity index (χ0n) is 13.8. The molecule has 0 atom stereocenters. The van der Waals surface area contributed by atoms with E-state index in [0.717, 1.165) is 5.56 Å². The third kappa shape index (κ3) is 5.66. The summed E-state index contributed by atoms with van der Waals surface area (Å²) < 4.78 is 17.9. The van der Waals surface area contributed by atoms with E-state index in [-0.39, 0.29) is 11.4 Å². The Kier molecular flexibility index (Phi) is 6.55. The van der Waals surface area contributed by atoms with E-state index in [1.54, 1.807) is 43.5 Å². The molecule has 5 nitrogen and oxygen atoms in total. The highest BCUT2D eigenvalue weighted by Gasteiger charge is 2.09. The number of rotatable bonds is 7. The van der Waals surface area contributed by atoms with E-state index in [9.17, 15) is 9.18 Å². The summed E-state index contributed by atoms with van der Waals surface area (Å²) in [6.45, 7) is 0.520. The molecule has 0 unspecified atom stereocenters. The maximum absolute atomic E-state index is 12.8. The Hall–Kier alpha value is -3.33. The second kappa shape index (κ2) is 9.08. The summed E-state index contributed by atoms with van der Waals surface area (Å²) in [5, 5.41) is 14.7. The number of nitrogens with zero attached hydrogens (tertiary/aromatic N) is 1. The Balaban J connectivity index is 1.86. The molecule has 0 bridgehead atoms. The zero-order chi connectivity index (χ0) is 18.1. The van der Waals surface area contributed by atoms with Crippen LogP contribution in [0.25, 0.3) is 0 Å². The van der Waals surface area contributed by atoms with Crippen LogP contribution in [0.3, 0.4) is 0 Å². The number of amides is 1. The standard InChI is InChI=1S/C19H18FN3O2/c1-25-18-8-6-17(7-9-18)23-19(24)15(12-21)13-22-11-10-14-2-4-16(20)5-3-14/h2-9,13,22H,10-11H2,1H3,(H,23,24)/b15-13-. The molecule has 0 radical (unpaired) electrons. The summed E-state index contributed by atoms with van der Waals surface area (Å²) in [4.78, 5) is 12.1. The SMILES string of the molecule is COc1ccc(NC(=O)/C(C#N)=C\NCCc2ccc(F)cc2)cc1. The summed E-state index contributed by atoms with van der Waals surface area (Å²) >= 11 is 0. The lowest BCUT2D eigenvalue weighted by molar-refractivity contribution is -0.112. The van der Waals surface area contributed by atoms with E-state index in [2.05, 4.69) is 10.6 Å². The number of nitriles is 1. The van der Waals surface area contributed by atoms with E-state index < -0.39 is 5.91 Å². The minimum Gasteiger partial charge on any atom is -0.497 e. The minimum atomic E-state index is -0.498. The molecule has 0 aliphatic carbocycles. The van der Waals surface area contributed by atoms with Gasteiger partial charge in [-0.15, -0.1) is 0 Å². The Morgan fingerprint density at radius 2 is 1.88 bits per heavy atom. The van der Waals surface area contributed by atoms with Crippen LogP contribution in [-0.2, 0) is 11.2 Å². The first kappa shape index (κ1) is 18.0. The van der Waals surface area contributed by atoms with Gasteiger partial charge in [0, 0.05) is 18.4 Å². The van der Waals surface area contributed by atoms with E-state index >= 15 is 0 Å². The Bertz CT molecular complexity index is 778. The van der Waals surface area contributed by atoms with Gasteiger partial charge in [-0.3, -0.25) is 4.79 Å². The number of anilines is 1. The number of methoxy groups -OCH3 is 1. The fraction of sp³-hybridized carbons (Fsp3) is 0.158. The lowest BCUT2D eigenvalue weighted by Crippen LogP contribution is -2.18. The van der Waals surface area contributed by atoms with Crippen molar-refractivity contribution in [2.24, 2.45) is 0 Å². The zero-order valence-corrected chi connectivity index (χ0v) is 13.8. The quantitative estimate of drug-likeness (QED) is 0.462. The lowest BCUT2D eigenvalue weighted by atomic mass is 10.1. The average molecular weight is 339 g/mol. The van der Waals surface area contributed by atoms with Crippen LogP contribution in [0.5, 0.6) is 5.75 Å². The van der Waals surface area contributed by atoms with Crippen molar-refractivity contribution < 1.29 is 13.9 Å². The van der Waals surface area contributed by atoms with Crippen molar-refractivity contribution in [1.29, 1.82) is 5.26 Å². The van der Waals surface area contributed by atoms with Crippen molar-refractivity contribution >= 4 is 11.6 Å². The number of ether oxygens (including phenoxy) is 1. The van der Waals surface area contributed by atoms with Crippen LogP contribution in [0, 0.1) is 17.1 Å². The predicted molar refractivity (Wildman–Crippen MR) is 93.4 cm³/mol. The number of carbonyl (C=O) groups is 1. The van der Waals surface area contributed by atoms with Gasteiger partial charge >= 0.3 is 0 Å². The van der Waals surface area contributed by atoms with E-state index in [0.29, 0.717) is 24.4 Å². The molecule has 128 valence electrons. The molecular weight excluding hydrogens is 321 g/mol. The molecule has 0 aliphatic rings. The smallest absolute Gasteiger partial charge is 0.267 e. The van der Waals surface area contributed by atoms with Crippen LogP contribution in [0.4, 0.5) is 10.1 Å². The Morgan fingerprint density at radius 1 is 1.20 bits per heavy atom. The number of hydrogen-bond donors (Lipinski definition) is 2. The molecule has 0 heterocycles. The van der Waals surface area contributed by atoms with Crippen LogP contribution in [0.15, 0.2) is 60.3 Å². The van der Waals surface area contributed by atoms with E-state index in [1.165, 1.54) is 18.3 Å². The van der Waals surface area contributed by atoms with Crippen molar-refractivity contribution in [3.05, 3.63) is 71.7 Å². The molecular formula is C19H18FN3O2. The number of carbonyl (C=O) groups excluding carboxylic acids is 1. The molecule has 2 aromatic rings. The first-order chi connectivity index (χ1) is 12.1. The van der Waals surface area contributed by atoms with Gasteiger partial charge in [-0.25, -0.2) is 4.39 Å². The first-order valence-electron chi connectivity index (χ1n) is 7.66. The van der Waals surface area contributed by atoms with Crippen molar-refractivity contribution in [3.8, 4) is 11.8 Å². The molecule has 0 fully saturated rings. The van der Waals surface area contributed by atoms with E-state index in [1.807, 2.05) is 6.07 Å². The fourth-order valence-electron chi connectivity index (χ4n) is 2.06. The fourth-order valence-corrected chi connectivity index (χ4v) is 2.06. The molecule has 0 saturated carbocycles. The number of benzene rings is 2. The van der Waals surface area contributed by atoms with Gasteiger partial charge in [-0.1, -0.05) is 12.1 Å². The van der Waals surface area contributed by atoms with E-state index in [4.69, 9.17) is 10.00 Å². The van der Waals surface area contributed by atoms with Crippen LogP contribution < -0.4 is 15.4 Å². The Labute approximate surface area is 145 Å². The van der Waals surface area contributed by atoms with Gasteiger partial charge in [-0.2, -0.15) is 5.26 Å². The molecule has 2 aromatic carbocycles. The number of hydrogen-bond acceptors (Lipinski definition) is 4. The summed E-state index contributed by atoms with van der Waals surface area (Å²) in [5.41, 5.74) is 1.50. The highest BCUT2D eigenvalue weighted by atomic mass is 19.1. The molecule has 0 aliphatic heterocycles. The van der Waals surface area contributed by atoms with Crippen LogP contribution in [0.1, 0.15) is 5.56 Å². The van der Waals surface area contributed by atoms with Crippen molar-refractivity contribution in [2.45, 2.75) is 6.42 Å². The van der Waals surface area contributed by atoms with Crippen LogP contribution in [0.2, 0.25) is 0 Å². The predicted octanol–water partition coefficient (Wildman–Crippen LogP) is 3.01. The van der Waals surface area contributed by atoms with Gasteiger partial charge in [0.25, 0.3) is 5.91 Å². The van der Waals surface area contributed by atoms with Crippen molar-refractivity contribution in [1.82, 2.24) is 5.32 Å². The van der Waals surface area contributed by atoms with Gasteiger partial charge in [0.2, 0.25) is 0 Å². The molecule has 0 saturated heterocycles. The van der Waals surface area contributed by atoms with Gasteiger partial charge < -0.3 is 15.4 Å². The van der Waals surface area contributed by atoms with Gasteiger partial charge in [0.1, 0.15) is 23.2 Å². The maximum atomic E-state index is 12.8. The Morgan fingerprint density at radius 3 is 2.48 bits per heavy atom. The second-order valence-corrected chi connectivity index (χ2v) is 5.18. The normalized spacial score (nSPS) is 10.7. The van der Waals surface area contributed by atoms with Gasteiger partial charge in [-0.05, 0) is 48.4 Å². The topological polar surface area (TPSA) is 74.1 Å². The summed E-state index contributed by atoms with van der Waals surface area (Å²) in [6, 6.07) is 14.9. The molecule has 1 amide bonds.